The molecule has 0 aliphatic carbocycles. The van der Waals surface area contributed by atoms with Gasteiger partial charge in [0.25, 0.3) is 5.56 Å². The van der Waals surface area contributed by atoms with Crippen molar-refractivity contribution < 1.29 is 4.79 Å². The van der Waals surface area contributed by atoms with Gasteiger partial charge in [-0.3, -0.25) is 14.2 Å². The minimum atomic E-state index is -0.220. The van der Waals surface area contributed by atoms with E-state index in [1.165, 1.54) is 17.1 Å². The lowest BCUT2D eigenvalue weighted by Crippen LogP contribution is -2.27. The number of rotatable bonds is 6. The van der Waals surface area contributed by atoms with E-state index < -0.39 is 0 Å². The van der Waals surface area contributed by atoms with E-state index in [-0.39, 0.29) is 24.4 Å². The highest BCUT2D eigenvalue weighted by Gasteiger charge is 2.12. The monoisotopic (exact) mass is 407 g/mol. The van der Waals surface area contributed by atoms with Crippen LogP contribution >= 0.6 is 11.6 Å². The highest BCUT2D eigenvalue weighted by atomic mass is 35.5. The van der Waals surface area contributed by atoms with E-state index in [2.05, 4.69) is 15.4 Å². The van der Waals surface area contributed by atoms with Crippen LogP contribution in [0.2, 0.25) is 5.02 Å². The Labute approximate surface area is 171 Å². The molecule has 1 N–H and O–H groups in total. The number of aryl methyl sites for hydroxylation is 1. The molecule has 2 heterocycles. The number of halogens is 1. The fourth-order valence-corrected chi connectivity index (χ4v) is 3.11. The summed E-state index contributed by atoms with van der Waals surface area (Å²) in [6.07, 6.45) is 3.14. The molecule has 0 spiro atoms. The molecule has 4 aromatic rings. The third-order valence-corrected chi connectivity index (χ3v) is 4.79. The standard InChI is InChI=1S/C21H18ClN5O2/c22-16-8-6-15(7-9-16)12-23-19(28)10-11-26-14-24-20-18(21(26)29)13-25-27(20)17-4-2-1-3-5-17/h1-9,13-14H,10-12H2,(H,23,28). The zero-order valence-electron chi connectivity index (χ0n) is 15.5. The lowest BCUT2D eigenvalue weighted by Gasteiger charge is -2.08. The Hall–Kier alpha value is -3.45. The number of fused-ring (bicyclic) bond motifs is 1. The predicted octanol–water partition coefficient (Wildman–Crippen LogP) is 2.94. The highest BCUT2D eigenvalue weighted by Crippen LogP contribution is 2.13. The molecule has 0 bridgehead atoms. The van der Waals surface area contributed by atoms with Crippen LogP contribution in [-0.4, -0.2) is 25.2 Å². The summed E-state index contributed by atoms with van der Waals surface area (Å²) >= 11 is 5.85. The fraction of sp³-hybridized carbons (Fsp3) is 0.143. The summed E-state index contributed by atoms with van der Waals surface area (Å²) in [5.74, 6) is -0.146. The number of carbonyl (C=O) groups excluding carboxylic acids is 1. The van der Waals surface area contributed by atoms with Crippen LogP contribution < -0.4 is 10.9 Å². The van der Waals surface area contributed by atoms with Crippen LogP contribution in [0.3, 0.4) is 0 Å². The van der Waals surface area contributed by atoms with Crippen LogP contribution in [0, 0.1) is 0 Å². The maximum absolute atomic E-state index is 12.7. The second kappa shape index (κ2) is 8.28. The first-order chi connectivity index (χ1) is 14.1. The molecule has 0 radical (unpaired) electrons. The Morgan fingerprint density at radius 2 is 1.83 bits per heavy atom. The zero-order valence-corrected chi connectivity index (χ0v) is 16.2. The fourth-order valence-electron chi connectivity index (χ4n) is 2.98. The summed E-state index contributed by atoms with van der Waals surface area (Å²) in [4.78, 5) is 29.2. The largest absolute Gasteiger partial charge is 0.352 e. The van der Waals surface area contributed by atoms with Crippen molar-refractivity contribution in [1.82, 2.24) is 24.6 Å². The van der Waals surface area contributed by atoms with Crippen LogP contribution in [0.25, 0.3) is 16.7 Å². The maximum Gasteiger partial charge on any atom is 0.264 e. The Morgan fingerprint density at radius 1 is 1.07 bits per heavy atom. The van der Waals surface area contributed by atoms with Crippen LogP contribution in [0.5, 0.6) is 0 Å². The number of nitrogens with one attached hydrogen (secondary N) is 1. The quantitative estimate of drug-likeness (QED) is 0.532. The molecule has 1 amide bonds. The van der Waals surface area contributed by atoms with E-state index in [4.69, 9.17) is 11.6 Å². The minimum absolute atomic E-state index is 0.146. The second-order valence-corrected chi connectivity index (χ2v) is 6.96. The summed E-state index contributed by atoms with van der Waals surface area (Å²) < 4.78 is 3.06. The molecule has 146 valence electrons. The Kier molecular flexibility index (Phi) is 5.39. The highest BCUT2D eigenvalue weighted by molar-refractivity contribution is 6.30. The van der Waals surface area contributed by atoms with Crippen LogP contribution in [0.4, 0.5) is 0 Å². The number of carbonyl (C=O) groups is 1. The third-order valence-electron chi connectivity index (χ3n) is 4.54. The number of aromatic nitrogens is 4. The molecule has 8 heteroatoms. The molecule has 7 nitrogen and oxygen atoms in total. The molecular weight excluding hydrogens is 390 g/mol. The topological polar surface area (TPSA) is 81.8 Å². The molecule has 0 atom stereocenters. The van der Waals surface area contributed by atoms with Gasteiger partial charge in [0.05, 0.1) is 18.2 Å². The van der Waals surface area contributed by atoms with E-state index >= 15 is 0 Å². The third kappa shape index (κ3) is 4.20. The van der Waals surface area contributed by atoms with Gasteiger partial charge >= 0.3 is 0 Å². The average molecular weight is 408 g/mol. The first-order valence-corrected chi connectivity index (χ1v) is 9.49. The van der Waals surface area contributed by atoms with Gasteiger partial charge in [-0.1, -0.05) is 41.9 Å². The number of nitrogens with zero attached hydrogens (tertiary/aromatic N) is 4. The predicted molar refractivity (Wildman–Crippen MR) is 111 cm³/mol. The van der Waals surface area contributed by atoms with Crippen LogP contribution in [0.1, 0.15) is 12.0 Å². The van der Waals surface area contributed by atoms with E-state index in [0.29, 0.717) is 22.6 Å². The van der Waals surface area contributed by atoms with Crippen LogP contribution in [0.15, 0.2) is 71.9 Å². The smallest absolute Gasteiger partial charge is 0.264 e. The first kappa shape index (κ1) is 18.9. The Balaban J connectivity index is 1.43. The molecule has 0 fully saturated rings. The number of hydrogen-bond donors (Lipinski definition) is 1. The number of amides is 1. The molecule has 0 aliphatic rings. The van der Waals surface area contributed by atoms with Crippen molar-refractivity contribution >= 4 is 28.5 Å². The van der Waals surface area contributed by atoms with Crippen molar-refractivity contribution in [2.75, 3.05) is 0 Å². The summed E-state index contributed by atoms with van der Waals surface area (Å²) in [5.41, 5.74) is 2.05. The van der Waals surface area contributed by atoms with Crippen molar-refractivity contribution in [3.63, 3.8) is 0 Å². The van der Waals surface area contributed by atoms with Gasteiger partial charge in [-0.05, 0) is 29.8 Å². The molecule has 2 aromatic heterocycles. The molecule has 0 saturated carbocycles. The zero-order chi connectivity index (χ0) is 20.2. The maximum atomic E-state index is 12.7. The van der Waals surface area contributed by atoms with Gasteiger partial charge in [-0.15, -0.1) is 0 Å². The van der Waals surface area contributed by atoms with E-state index in [1.54, 1.807) is 16.8 Å². The lowest BCUT2D eigenvalue weighted by molar-refractivity contribution is -0.121. The minimum Gasteiger partial charge on any atom is -0.352 e. The molecule has 0 aliphatic heterocycles. The van der Waals surface area contributed by atoms with Crippen LogP contribution in [-0.2, 0) is 17.9 Å². The first-order valence-electron chi connectivity index (χ1n) is 9.11. The van der Waals surface area contributed by atoms with E-state index in [9.17, 15) is 9.59 Å². The van der Waals surface area contributed by atoms with Gasteiger partial charge in [0.15, 0.2) is 5.65 Å². The van der Waals surface area contributed by atoms with Crippen molar-refractivity contribution in [1.29, 1.82) is 0 Å². The summed E-state index contributed by atoms with van der Waals surface area (Å²) in [6, 6.07) is 16.8. The van der Waals surface area contributed by atoms with Gasteiger partial charge in [-0.2, -0.15) is 5.10 Å². The van der Waals surface area contributed by atoms with Gasteiger partial charge in [-0.25, -0.2) is 9.67 Å². The normalized spacial score (nSPS) is 10.9. The second-order valence-electron chi connectivity index (χ2n) is 6.53. The van der Waals surface area contributed by atoms with E-state index in [0.717, 1.165) is 11.3 Å². The van der Waals surface area contributed by atoms with Crippen molar-refractivity contribution in [2.45, 2.75) is 19.5 Å². The van der Waals surface area contributed by atoms with Gasteiger partial charge in [0, 0.05) is 24.5 Å². The molecule has 0 saturated heterocycles. The van der Waals surface area contributed by atoms with E-state index in [1.807, 2.05) is 42.5 Å². The SMILES string of the molecule is O=C(CCn1cnc2c(cnn2-c2ccccc2)c1=O)NCc1ccc(Cl)cc1. The number of para-hydroxylation sites is 1. The molecule has 29 heavy (non-hydrogen) atoms. The molecule has 0 unspecified atom stereocenters. The van der Waals surface area contributed by atoms with Gasteiger partial charge in [0.2, 0.25) is 5.91 Å². The van der Waals surface area contributed by atoms with Crippen molar-refractivity contribution in [3.05, 3.63) is 88.1 Å². The summed E-state index contributed by atoms with van der Waals surface area (Å²) in [6.45, 7) is 0.650. The van der Waals surface area contributed by atoms with Gasteiger partial charge < -0.3 is 5.32 Å². The average Bonchev–Trinajstić information content (AvgIpc) is 3.18. The molecular formula is C21H18ClN5O2. The Morgan fingerprint density at radius 3 is 2.59 bits per heavy atom. The molecule has 4 rings (SSSR count). The summed E-state index contributed by atoms with van der Waals surface area (Å²) in [5, 5.41) is 8.19. The van der Waals surface area contributed by atoms with Gasteiger partial charge in [0.1, 0.15) is 5.39 Å². The lowest BCUT2D eigenvalue weighted by atomic mass is 10.2. The summed E-state index contributed by atoms with van der Waals surface area (Å²) in [7, 11) is 0. The van der Waals surface area contributed by atoms with Crippen molar-refractivity contribution in [2.24, 2.45) is 0 Å². The van der Waals surface area contributed by atoms with Crippen molar-refractivity contribution in [3.8, 4) is 5.69 Å². The number of benzene rings is 2. The number of hydrogen-bond acceptors (Lipinski definition) is 4. The Bertz CT molecular complexity index is 1200. The molecule has 2 aromatic carbocycles.